The molecule has 0 aliphatic rings. The van der Waals surface area contributed by atoms with Crippen LogP contribution in [-0.4, -0.2) is 36.7 Å². The number of rotatable bonds is 11. The van der Waals surface area contributed by atoms with Crippen molar-refractivity contribution in [1.29, 1.82) is 0 Å². The van der Waals surface area contributed by atoms with Gasteiger partial charge in [0.25, 0.3) is 11.5 Å². The average Bonchev–Trinajstić information content (AvgIpc) is 2.98. The fourth-order valence-corrected chi connectivity index (χ4v) is 4.89. The van der Waals surface area contributed by atoms with Gasteiger partial charge in [-0.2, -0.15) is 30.7 Å². The number of benzene rings is 3. The zero-order valence-corrected chi connectivity index (χ0v) is 23.6. The summed E-state index contributed by atoms with van der Waals surface area (Å²) in [6.07, 6.45) is -13.5. The van der Waals surface area contributed by atoms with Crippen molar-refractivity contribution in [2.45, 2.75) is 36.3 Å². The molecule has 0 bridgehead atoms. The molecule has 0 saturated carbocycles. The molecule has 4 aromatic rings. The highest BCUT2D eigenvalue weighted by Gasteiger charge is 2.64. The van der Waals surface area contributed by atoms with E-state index in [1.54, 1.807) is 30.3 Å². The van der Waals surface area contributed by atoms with Gasteiger partial charge in [-0.15, -0.1) is 0 Å². The Morgan fingerprint density at radius 2 is 1.48 bits per heavy atom. The standard InChI is InChI=1S/C31H24ClF7N2O3/c1-43-29(31(37,38)39,21-11-6-3-7-12-21)27(42)41-28(18-20-9-4-2-5-10-20,25-16-15-23(32)19-40-25)22-13-8-14-24(17-22)44-30(35,36)26(33)34/h2-17,19,26H,18H2,1H3,(H,41,42)/t28-,29+/m1/s1. The molecule has 0 fully saturated rings. The van der Waals surface area contributed by atoms with E-state index in [0.29, 0.717) is 5.56 Å². The van der Waals surface area contributed by atoms with Gasteiger partial charge in [-0.05, 0) is 35.4 Å². The number of halogens is 8. The Bertz CT molecular complexity index is 1560. The molecule has 0 unspecified atom stereocenters. The number of pyridine rings is 1. The third kappa shape index (κ3) is 6.51. The van der Waals surface area contributed by atoms with Crippen molar-refractivity contribution in [1.82, 2.24) is 10.3 Å². The molecule has 13 heteroatoms. The largest absolute Gasteiger partial charge is 0.461 e. The normalized spacial score (nSPS) is 14.9. The topological polar surface area (TPSA) is 60.5 Å². The van der Waals surface area contributed by atoms with Crippen molar-refractivity contribution in [3.8, 4) is 5.75 Å². The summed E-state index contributed by atoms with van der Waals surface area (Å²) in [7, 11) is 0.723. The summed E-state index contributed by atoms with van der Waals surface area (Å²) < 4.78 is 108. The number of hydrogen-bond donors (Lipinski definition) is 1. The Labute approximate surface area is 252 Å². The van der Waals surface area contributed by atoms with Crippen LogP contribution in [0.15, 0.2) is 103 Å². The smallest absolute Gasteiger partial charge is 0.428 e. The zero-order chi connectivity index (χ0) is 32.2. The number of methoxy groups -OCH3 is 1. The molecule has 4 rings (SSSR count). The van der Waals surface area contributed by atoms with Crippen LogP contribution in [0.3, 0.4) is 0 Å². The van der Waals surface area contributed by atoms with E-state index in [4.69, 9.17) is 16.3 Å². The summed E-state index contributed by atoms with van der Waals surface area (Å²) in [6.45, 7) is 0. The van der Waals surface area contributed by atoms with Crippen LogP contribution in [0.1, 0.15) is 22.4 Å². The highest BCUT2D eigenvalue weighted by molar-refractivity contribution is 6.30. The van der Waals surface area contributed by atoms with Crippen LogP contribution < -0.4 is 10.1 Å². The Morgan fingerprint density at radius 3 is 2.02 bits per heavy atom. The van der Waals surface area contributed by atoms with E-state index >= 15 is 0 Å². The second kappa shape index (κ2) is 12.8. The van der Waals surface area contributed by atoms with Crippen LogP contribution in [0.2, 0.25) is 5.02 Å². The number of alkyl halides is 7. The summed E-state index contributed by atoms with van der Waals surface area (Å²) >= 11 is 6.04. The quantitative estimate of drug-likeness (QED) is 0.171. The van der Waals surface area contributed by atoms with Crippen LogP contribution in [0.4, 0.5) is 30.7 Å². The molecule has 0 aliphatic heterocycles. The molecule has 1 N–H and O–H groups in total. The van der Waals surface area contributed by atoms with Crippen molar-refractivity contribution in [2.75, 3.05) is 7.11 Å². The SMILES string of the molecule is CO[C@](C(=O)N[C@](Cc1ccccc1)(c1cccc(OC(F)(F)C(F)F)c1)c1ccc(Cl)cn1)(c1ccccc1)C(F)(F)F. The first-order chi connectivity index (χ1) is 20.7. The molecule has 0 radical (unpaired) electrons. The number of carbonyl (C=O) groups excluding carboxylic acids is 1. The first-order valence-corrected chi connectivity index (χ1v) is 13.2. The predicted molar refractivity (Wildman–Crippen MR) is 148 cm³/mol. The molecule has 1 heterocycles. The van der Waals surface area contributed by atoms with Gasteiger partial charge in [0.15, 0.2) is 0 Å². The maximum atomic E-state index is 14.9. The molecular formula is C31H24ClF7N2O3. The van der Waals surface area contributed by atoms with Crippen molar-refractivity contribution >= 4 is 17.5 Å². The van der Waals surface area contributed by atoms with Gasteiger partial charge in [-0.25, -0.2) is 0 Å². The van der Waals surface area contributed by atoms with Crippen molar-refractivity contribution < 1.29 is 45.0 Å². The molecule has 5 nitrogen and oxygen atoms in total. The molecular weight excluding hydrogens is 617 g/mol. The lowest BCUT2D eigenvalue weighted by molar-refractivity contribution is -0.266. The van der Waals surface area contributed by atoms with Crippen LogP contribution in [0.5, 0.6) is 5.75 Å². The number of nitrogens with zero attached hydrogens (tertiary/aromatic N) is 1. The third-order valence-corrected chi connectivity index (χ3v) is 7.07. The van der Waals surface area contributed by atoms with Gasteiger partial charge in [0.2, 0.25) is 0 Å². The van der Waals surface area contributed by atoms with E-state index in [1.807, 2.05) is 0 Å². The molecule has 0 aliphatic carbocycles. The van der Waals surface area contributed by atoms with Crippen LogP contribution >= 0.6 is 11.6 Å². The van der Waals surface area contributed by atoms with Gasteiger partial charge >= 0.3 is 18.7 Å². The first-order valence-electron chi connectivity index (χ1n) is 12.9. The lowest BCUT2D eigenvalue weighted by Crippen LogP contribution is -2.61. The molecule has 44 heavy (non-hydrogen) atoms. The minimum Gasteiger partial charge on any atom is -0.428 e. The summed E-state index contributed by atoms with van der Waals surface area (Å²) in [5.74, 6) is -2.42. The monoisotopic (exact) mass is 640 g/mol. The lowest BCUT2D eigenvalue weighted by atomic mass is 9.79. The van der Waals surface area contributed by atoms with Crippen LogP contribution in [-0.2, 0) is 27.1 Å². The number of ether oxygens (including phenoxy) is 2. The summed E-state index contributed by atoms with van der Waals surface area (Å²) in [5.41, 5.74) is -5.84. The first kappa shape index (κ1) is 32.7. The maximum absolute atomic E-state index is 14.9. The maximum Gasteiger partial charge on any atom is 0.461 e. The number of carbonyl (C=O) groups is 1. The van der Waals surface area contributed by atoms with E-state index in [-0.39, 0.29) is 22.7 Å². The van der Waals surface area contributed by atoms with Gasteiger partial charge in [0.05, 0.1) is 10.7 Å². The molecule has 0 spiro atoms. The summed E-state index contributed by atoms with van der Waals surface area (Å²) in [4.78, 5) is 18.4. The highest BCUT2D eigenvalue weighted by Crippen LogP contribution is 2.44. The van der Waals surface area contributed by atoms with Crippen molar-refractivity contribution in [3.05, 3.63) is 131 Å². The van der Waals surface area contributed by atoms with Gasteiger partial charge < -0.3 is 14.8 Å². The van der Waals surface area contributed by atoms with Crippen LogP contribution in [0.25, 0.3) is 0 Å². The van der Waals surface area contributed by atoms with Gasteiger partial charge in [0.1, 0.15) is 11.3 Å². The van der Waals surface area contributed by atoms with E-state index in [2.05, 4.69) is 15.0 Å². The van der Waals surface area contributed by atoms with E-state index < -0.39 is 47.1 Å². The zero-order valence-electron chi connectivity index (χ0n) is 22.8. The second-order valence-corrected chi connectivity index (χ2v) is 10.1. The van der Waals surface area contributed by atoms with Gasteiger partial charge in [0, 0.05) is 25.3 Å². The Morgan fingerprint density at radius 1 is 0.864 bits per heavy atom. The number of aromatic nitrogens is 1. The number of amides is 1. The lowest BCUT2D eigenvalue weighted by Gasteiger charge is -2.40. The van der Waals surface area contributed by atoms with E-state index in [0.717, 1.165) is 31.4 Å². The average molecular weight is 641 g/mol. The minimum absolute atomic E-state index is 0.0582. The Hall–Kier alpha value is -4.16. The number of hydrogen-bond acceptors (Lipinski definition) is 4. The Kier molecular flexibility index (Phi) is 9.55. The molecule has 1 aromatic heterocycles. The van der Waals surface area contributed by atoms with Gasteiger partial charge in [-0.3, -0.25) is 9.78 Å². The molecule has 3 aromatic carbocycles. The molecule has 1 amide bonds. The number of nitrogens with one attached hydrogen (secondary N) is 1. The van der Waals surface area contributed by atoms with E-state index in [1.165, 1.54) is 48.7 Å². The fraction of sp³-hybridized carbons (Fsp3) is 0.226. The van der Waals surface area contributed by atoms with Crippen LogP contribution in [0, 0.1) is 0 Å². The third-order valence-electron chi connectivity index (χ3n) is 6.84. The van der Waals surface area contributed by atoms with Gasteiger partial charge in [-0.1, -0.05) is 84.4 Å². The van der Waals surface area contributed by atoms with E-state index in [9.17, 15) is 35.5 Å². The molecule has 232 valence electrons. The van der Waals surface area contributed by atoms with Crippen molar-refractivity contribution in [3.63, 3.8) is 0 Å². The highest BCUT2D eigenvalue weighted by atomic mass is 35.5. The Balaban J connectivity index is 1.99. The second-order valence-electron chi connectivity index (χ2n) is 9.62. The fourth-order valence-electron chi connectivity index (χ4n) is 4.78. The van der Waals surface area contributed by atoms with Crippen molar-refractivity contribution in [2.24, 2.45) is 0 Å². The minimum atomic E-state index is -5.30. The summed E-state index contributed by atoms with van der Waals surface area (Å²) in [6, 6.07) is 21.4. The molecule has 0 saturated heterocycles. The summed E-state index contributed by atoms with van der Waals surface area (Å²) in [5, 5.41) is 2.61. The molecule has 2 atom stereocenters. The predicted octanol–water partition coefficient (Wildman–Crippen LogP) is 7.68.